The van der Waals surface area contributed by atoms with Crippen molar-refractivity contribution in [2.24, 2.45) is 0 Å². The first-order chi connectivity index (χ1) is 7.18. The van der Waals surface area contributed by atoms with Crippen molar-refractivity contribution in [1.82, 2.24) is 5.32 Å². The lowest BCUT2D eigenvalue weighted by atomic mass is 9.94. The van der Waals surface area contributed by atoms with Crippen molar-refractivity contribution < 1.29 is 8.78 Å². The smallest absolute Gasteiger partial charge is 0.264 e. The molecule has 1 saturated heterocycles. The Kier molecular flexibility index (Phi) is 3.36. The summed E-state index contributed by atoms with van der Waals surface area (Å²) < 4.78 is 26.4. The van der Waals surface area contributed by atoms with Crippen LogP contribution in [-0.2, 0) is 0 Å². The number of alkyl halides is 2. The lowest BCUT2D eigenvalue weighted by molar-refractivity contribution is 0.149. The first kappa shape index (κ1) is 11.0. The predicted molar refractivity (Wildman–Crippen MR) is 59.3 cm³/mol. The third-order valence-electron chi connectivity index (χ3n) is 2.78. The lowest BCUT2D eigenvalue weighted by Crippen LogP contribution is -2.09. The van der Waals surface area contributed by atoms with E-state index < -0.39 is 6.43 Å². The van der Waals surface area contributed by atoms with Crippen molar-refractivity contribution in [3.8, 4) is 0 Å². The van der Waals surface area contributed by atoms with Crippen LogP contribution in [0, 0.1) is 0 Å². The van der Waals surface area contributed by atoms with Gasteiger partial charge in [-0.25, -0.2) is 8.78 Å². The first-order valence-electron chi connectivity index (χ1n) is 4.96. The van der Waals surface area contributed by atoms with Crippen LogP contribution < -0.4 is 5.32 Å². The number of hydrogen-bond donors (Lipinski definition) is 1. The third kappa shape index (κ3) is 2.37. The highest BCUT2D eigenvalue weighted by molar-refractivity contribution is 9.10. The minimum absolute atomic E-state index is 0.173. The van der Waals surface area contributed by atoms with Gasteiger partial charge in [-0.1, -0.05) is 22.0 Å². The van der Waals surface area contributed by atoms with Crippen LogP contribution in [0.2, 0.25) is 0 Å². The molecule has 0 bridgehead atoms. The molecule has 15 heavy (non-hydrogen) atoms. The van der Waals surface area contributed by atoms with Crippen molar-refractivity contribution in [3.05, 3.63) is 33.8 Å². The number of rotatable bonds is 2. The van der Waals surface area contributed by atoms with Gasteiger partial charge < -0.3 is 5.32 Å². The van der Waals surface area contributed by atoms with Crippen LogP contribution in [-0.4, -0.2) is 13.1 Å². The fourth-order valence-electron chi connectivity index (χ4n) is 2.02. The van der Waals surface area contributed by atoms with E-state index in [4.69, 9.17) is 0 Å². The van der Waals surface area contributed by atoms with Crippen molar-refractivity contribution in [2.45, 2.75) is 18.8 Å². The minimum atomic E-state index is -2.38. The lowest BCUT2D eigenvalue weighted by Gasteiger charge is -2.14. The number of halogens is 3. The van der Waals surface area contributed by atoms with Gasteiger partial charge in [0.15, 0.2) is 0 Å². The molecule has 1 heterocycles. The molecule has 0 amide bonds. The molecule has 1 aromatic rings. The zero-order valence-electron chi connectivity index (χ0n) is 8.14. The molecule has 1 aromatic carbocycles. The molecule has 0 aliphatic carbocycles. The van der Waals surface area contributed by atoms with Crippen LogP contribution >= 0.6 is 15.9 Å². The van der Waals surface area contributed by atoms with Crippen LogP contribution in [0.1, 0.15) is 29.9 Å². The molecule has 82 valence electrons. The maximum absolute atomic E-state index is 12.8. The predicted octanol–water partition coefficient (Wildman–Crippen LogP) is 3.46. The highest BCUT2D eigenvalue weighted by Gasteiger charge is 2.23. The largest absolute Gasteiger partial charge is 0.316 e. The van der Waals surface area contributed by atoms with Crippen LogP contribution in [0.5, 0.6) is 0 Å². The van der Waals surface area contributed by atoms with Gasteiger partial charge in [0.25, 0.3) is 6.43 Å². The topological polar surface area (TPSA) is 12.0 Å². The zero-order chi connectivity index (χ0) is 10.8. The molecule has 1 unspecified atom stereocenters. The Hall–Kier alpha value is -0.480. The normalized spacial score (nSPS) is 21.2. The average Bonchev–Trinajstić information content (AvgIpc) is 2.69. The standard InChI is InChI=1S/C11H12BrF2N/c12-8-1-2-9(11(13)14)10(5-8)7-3-4-15-6-7/h1-2,5,7,11,15H,3-4,6H2. The van der Waals surface area contributed by atoms with Crippen LogP contribution in [0.3, 0.4) is 0 Å². The third-order valence-corrected chi connectivity index (χ3v) is 3.28. The van der Waals surface area contributed by atoms with Gasteiger partial charge in [-0.15, -0.1) is 0 Å². The summed E-state index contributed by atoms with van der Waals surface area (Å²) in [5, 5.41) is 3.20. The van der Waals surface area contributed by atoms with E-state index in [9.17, 15) is 8.78 Å². The Labute approximate surface area is 96.0 Å². The summed E-state index contributed by atoms with van der Waals surface area (Å²) in [6.45, 7) is 1.72. The molecule has 1 N–H and O–H groups in total. The SMILES string of the molecule is FC(F)c1ccc(Br)cc1C1CCNC1. The molecule has 0 spiro atoms. The van der Waals surface area contributed by atoms with Gasteiger partial charge >= 0.3 is 0 Å². The molecule has 1 fully saturated rings. The maximum atomic E-state index is 12.8. The number of hydrogen-bond acceptors (Lipinski definition) is 1. The molecule has 0 aromatic heterocycles. The first-order valence-corrected chi connectivity index (χ1v) is 5.76. The highest BCUT2D eigenvalue weighted by atomic mass is 79.9. The molecule has 1 aliphatic heterocycles. The molecule has 1 aliphatic rings. The van der Waals surface area contributed by atoms with Crippen molar-refractivity contribution in [1.29, 1.82) is 0 Å². The van der Waals surface area contributed by atoms with E-state index in [1.807, 2.05) is 6.07 Å². The Bertz CT molecular complexity index is 348. The molecular weight excluding hydrogens is 264 g/mol. The second kappa shape index (κ2) is 4.58. The molecule has 1 nitrogen and oxygen atoms in total. The molecule has 4 heteroatoms. The number of nitrogens with one attached hydrogen (secondary N) is 1. The Morgan fingerprint density at radius 1 is 1.40 bits per heavy atom. The van der Waals surface area contributed by atoms with E-state index in [0.717, 1.165) is 29.5 Å². The quantitative estimate of drug-likeness (QED) is 0.872. The fourth-order valence-corrected chi connectivity index (χ4v) is 2.40. The maximum Gasteiger partial charge on any atom is 0.264 e. The van der Waals surface area contributed by atoms with E-state index in [1.165, 1.54) is 6.07 Å². The van der Waals surface area contributed by atoms with E-state index in [0.29, 0.717) is 0 Å². The van der Waals surface area contributed by atoms with E-state index in [1.54, 1.807) is 6.07 Å². The second-order valence-corrected chi connectivity index (χ2v) is 4.68. The van der Waals surface area contributed by atoms with Crippen molar-refractivity contribution >= 4 is 15.9 Å². The van der Waals surface area contributed by atoms with Gasteiger partial charge in [0.1, 0.15) is 0 Å². The Balaban J connectivity index is 2.37. The minimum Gasteiger partial charge on any atom is -0.316 e. The summed E-state index contributed by atoms with van der Waals surface area (Å²) >= 11 is 3.33. The van der Waals surface area contributed by atoms with Crippen LogP contribution in [0.25, 0.3) is 0 Å². The molecule has 0 radical (unpaired) electrons. The van der Waals surface area contributed by atoms with E-state index >= 15 is 0 Å². The van der Waals surface area contributed by atoms with Gasteiger partial charge in [0.05, 0.1) is 0 Å². The second-order valence-electron chi connectivity index (χ2n) is 3.76. The molecule has 0 saturated carbocycles. The summed E-state index contributed by atoms with van der Waals surface area (Å²) in [5.41, 5.74) is 0.955. The van der Waals surface area contributed by atoms with Crippen molar-refractivity contribution in [3.63, 3.8) is 0 Å². The monoisotopic (exact) mass is 275 g/mol. The summed E-state index contributed by atoms with van der Waals surface area (Å²) in [5.74, 6) is 0.228. The van der Waals surface area contributed by atoms with Gasteiger partial charge in [-0.05, 0) is 36.6 Å². The van der Waals surface area contributed by atoms with E-state index in [-0.39, 0.29) is 11.5 Å². The molecule has 2 rings (SSSR count). The van der Waals surface area contributed by atoms with Gasteiger partial charge in [-0.2, -0.15) is 0 Å². The summed E-state index contributed by atoms with van der Waals surface area (Å²) in [6.07, 6.45) is -1.44. The summed E-state index contributed by atoms with van der Waals surface area (Å²) in [7, 11) is 0. The molecule has 1 atom stereocenters. The van der Waals surface area contributed by atoms with Gasteiger partial charge in [0, 0.05) is 16.6 Å². The Morgan fingerprint density at radius 2 is 2.20 bits per heavy atom. The Morgan fingerprint density at radius 3 is 2.80 bits per heavy atom. The fraction of sp³-hybridized carbons (Fsp3) is 0.455. The summed E-state index contributed by atoms with van der Waals surface area (Å²) in [6, 6.07) is 5.01. The average molecular weight is 276 g/mol. The van der Waals surface area contributed by atoms with Gasteiger partial charge in [-0.3, -0.25) is 0 Å². The van der Waals surface area contributed by atoms with Crippen LogP contribution in [0.4, 0.5) is 8.78 Å². The van der Waals surface area contributed by atoms with E-state index in [2.05, 4.69) is 21.2 Å². The van der Waals surface area contributed by atoms with Crippen molar-refractivity contribution in [2.75, 3.05) is 13.1 Å². The zero-order valence-corrected chi connectivity index (χ0v) is 9.73. The molecular formula is C11H12BrF2N. The summed E-state index contributed by atoms with van der Waals surface area (Å²) in [4.78, 5) is 0. The highest BCUT2D eigenvalue weighted by Crippen LogP contribution is 2.33. The van der Waals surface area contributed by atoms with Gasteiger partial charge in [0.2, 0.25) is 0 Å². The van der Waals surface area contributed by atoms with Crippen LogP contribution in [0.15, 0.2) is 22.7 Å². The number of benzene rings is 1.